The van der Waals surface area contributed by atoms with Crippen molar-refractivity contribution in [2.75, 3.05) is 12.4 Å². The Labute approximate surface area is 128 Å². The molecule has 21 heavy (non-hydrogen) atoms. The van der Waals surface area contributed by atoms with E-state index >= 15 is 0 Å². The highest BCUT2D eigenvalue weighted by atomic mass is 16.5. The highest BCUT2D eigenvalue weighted by molar-refractivity contribution is 5.92. The van der Waals surface area contributed by atoms with Crippen LogP contribution in [0.2, 0.25) is 0 Å². The fraction of sp³-hybridized carbons (Fsp3) is 0.611. The van der Waals surface area contributed by atoms with Crippen molar-refractivity contribution < 1.29 is 9.53 Å². The highest BCUT2D eigenvalue weighted by Gasteiger charge is 2.35. The van der Waals surface area contributed by atoms with Crippen molar-refractivity contribution in [2.45, 2.75) is 40.0 Å². The van der Waals surface area contributed by atoms with Crippen molar-refractivity contribution in [3.63, 3.8) is 0 Å². The number of rotatable bonds is 4. The first kappa shape index (κ1) is 15.9. The van der Waals surface area contributed by atoms with Gasteiger partial charge >= 0.3 is 0 Å². The largest absolute Gasteiger partial charge is 0.497 e. The second-order valence-corrected chi connectivity index (χ2v) is 6.65. The van der Waals surface area contributed by atoms with Crippen LogP contribution in [0.1, 0.15) is 40.0 Å². The molecule has 0 aliphatic heterocycles. The Bertz CT molecular complexity index is 467. The number of methoxy groups -OCH3 is 1. The summed E-state index contributed by atoms with van der Waals surface area (Å²) in [6.45, 7) is 6.72. The minimum Gasteiger partial charge on any atom is -0.497 e. The van der Waals surface area contributed by atoms with Crippen molar-refractivity contribution in [3.05, 3.63) is 24.3 Å². The fourth-order valence-corrected chi connectivity index (χ4v) is 3.41. The monoisotopic (exact) mass is 289 g/mol. The lowest BCUT2D eigenvalue weighted by Crippen LogP contribution is -2.36. The molecule has 0 radical (unpaired) electrons. The summed E-state index contributed by atoms with van der Waals surface area (Å²) in [7, 11) is 1.64. The summed E-state index contributed by atoms with van der Waals surface area (Å²) in [4.78, 5) is 12.6. The van der Waals surface area contributed by atoms with Crippen LogP contribution in [0.5, 0.6) is 5.75 Å². The molecule has 2 rings (SSSR count). The van der Waals surface area contributed by atoms with Gasteiger partial charge in [0.15, 0.2) is 0 Å². The van der Waals surface area contributed by atoms with Gasteiger partial charge in [0.25, 0.3) is 0 Å². The number of ether oxygens (including phenoxy) is 1. The summed E-state index contributed by atoms with van der Waals surface area (Å²) in [5.41, 5.74) is 0.849. The lowest BCUT2D eigenvalue weighted by Gasteiger charge is -2.36. The molecule has 1 aliphatic rings. The molecule has 0 spiro atoms. The number of carbonyl (C=O) groups excluding carboxylic acids is 1. The third-order valence-electron chi connectivity index (χ3n) is 4.72. The van der Waals surface area contributed by atoms with Crippen molar-refractivity contribution in [2.24, 2.45) is 23.7 Å². The molecule has 1 amide bonds. The fourth-order valence-electron chi connectivity index (χ4n) is 3.41. The first-order valence-corrected chi connectivity index (χ1v) is 7.96. The molecular formula is C18H27NO2. The number of hydrogen-bond acceptors (Lipinski definition) is 2. The molecule has 1 aromatic rings. The Hall–Kier alpha value is -1.51. The lowest BCUT2D eigenvalue weighted by molar-refractivity contribution is -0.123. The molecular weight excluding hydrogens is 262 g/mol. The van der Waals surface area contributed by atoms with E-state index < -0.39 is 0 Å². The highest BCUT2D eigenvalue weighted by Crippen LogP contribution is 2.38. The van der Waals surface area contributed by atoms with Gasteiger partial charge in [-0.15, -0.1) is 0 Å². The number of benzene rings is 1. The van der Waals surface area contributed by atoms with Gasteiger partial charge in [0, 0.05) is 11.6 Å². The van der Waals surface area contributed by atoms with Crippen molar-refractivity contribution in [1.82, 2.24) is 0 Å². The van der Waals surface area contributed by atoms with Gasteiger partial charge in [-0.25, -0.2) is 0 Å². The Morgan fingerprint density at radius 1 is 1.24 bits per heavy atom. The summed E-state index contributed by atoms with van der Waals surface area (Å²) in [5, 5.41) is 3.07. The van der Waals surface area contributed by atoms with E-state index in [0.29, 0.717) is 17.8 Å². The molecule has 3 nitrogen and oxygen atoms in total. The van der Waals surface area contributed by atoms with Crippen LogP contribution in [0.15, 0.2) is 24.3 Å². The van der Waals surface area contributed by atoms with Crippen molar-refractivity contribution >= 4 is 11.6 Å². The number of amides is 1. The first-order valence-electron chi connectivity index (χ1n) is 7.96. The van der Waals surface area contributed by atoms with Gasteiger partial charge in [-0.2, -0.15) is 0 Å². The molecule has 1 aromatic carbocycles. The number of carbonyl (C=O) groups is 1. The molecule has 0 bridgehead atoms. The average molecular weight is 289 g/mol. The van der Waals surface area contributed by atoms with Gasteiger partial charge in [-0.05, 0) is 54.9 Å². The van der Waals surface area contributed by atoms with Gasteiger partial charge < -0.3 is 10.1 Å². The molecule has 116 valence electrons. The second-order valence-electron chi connectivity index (χ2n) is 6.65. The van der Waals surface area contributed by atoms with E-state index in [1.807, 2.05) is 24.3 Å². The van der Waals surface area contributed by atoms with Gasteiger partial charge in [-0.1, -0.05) is 27.2 Å². The number of hydrogen-bond donors (Lipinski definition) is 1. The van der Waals surface area contributed by atoms with Gasteiger partial charge in [0.05, 0.1) is 7.11 Å². The van der Waals surface area contributed by atoms with Crippen LogP contribution in [0, 0.1) is 23.7 Å². The zero-order chi connectivity index (χ0) is 15.4. The zero-order valence-corrected chi connectivity index (χ0v) is 13.6. The normalized spacial score (nSPS) is 25.7. The van der Waals surface area contributed by atoms with E-state index in [-0.39, 0.29) is 11.8 Å². The summed E-state index contributed by atoms with van der Waals surface area (Å²) in [6, 6.07) is 7.54. The predicted octanol–water partition coefficient (Wildman–Crippen LogP) is 4.34. The summed E-state index contributed by atoms with van der Waals surface area (Å²) in [6.07, 6.45) is 3.42. The maximum atomic E-state index is 12.6. The second kappa shape index (κ2) is 6.97. The number of nitrogens with one attached hydrogen (secondary N) is 1. The van der Waals surface area contributed by atoms with Crippen LogP contribution in [0.4, 0.5) is 5.69 Å². The minimum absolute atomic E-state index is 0.135. The average Bonchev–Trinajstić information content (AvgIpc) is 2.47. The third kappa shape index (κ3) is 3.99. The van der Waals surface area contributed by atoms with E-state index in [4.69, 9.17) is 4.74 Å². The Morgan fingerprint density at radius 3 is 2.48 bits per heavy atom. The molecule has 3 heteroatoms. The molecule has 3 atom stereocenters. The van der Waals surface area contributed by atoms with Gasteiger partial charge in [0.2, 0.25) is 5.91 Å². The maximum Gasteiger partial charge on any atom is 0.227 e. The van der Waals surface area contributed by atoms with Crippen LogP contribution >= 0.6 is 0 Å². The van der Waals surface area contributed by atoms with Gasteiger partial charge in [-0.3, -0.25) is 4.79 Å². The Balaban J connectivity index is 2.05. The van der Waals surface area contributed by atoms with Crippen molar-refractivity contribution in [3.8, 4) is 5.75 Å². The topological polar surface area (TPSA) is 38.3 Å². The van der Waals surface area contributed by atoms with Crippen LogP contribution in [0.25, 0.3) is 0 Å². The Morgan fingerprint density at radius 2 is 1.90 bits per heavy atom. The quantitative estimate of drug-likeness (QED) is 0.895. The minimum atomic E-state index is 0.135. The van der Waals surface area contributed by atoms with E-state index in [0.717, 1.165) is 17.9 Å². The summed E-state index contributed by atoms with van der Waals surface area (Å²) >= 11 is 0. The molecule has 0 aromatic heterocycles. The van der Waals surface area contributed by atoms with Crippen LogP contribution in [0.3, 0.4) is 0 Å². The van der Waals surface area contributed by atoms with Gasteiger partial charge in [0.1, 0.15) is 5.75 Å². The summed E-state index contributed by atoms with van der Waals surface area (Å²) in [5.74, 6) is 2.82. The molecule has 0 saturated heterocycles. The van der Waals surface area contributed by atoms with Crippen LogP contribution in [-0.2, 0) is 4.79 Å². The van der Waals surface area contributed by atoms with E-state index in [9.17, 15) is 4.79 Å². The van der Waals surface area contributed by atoms with Crippen molar-refractivity contribution in [1.29, 1.82) is 0 Å². The lowest BCUT2D eigenvalue weighted by atomic mass is 9.70. The maximum absolute atomic E-state index is 12.6. The molecule has 1 N–H and O–H groups in total. The third-order valence-corrected chi connectivity index (χ3v) is 4.72. The van der Waals surface area contributed by atoms with E-state index in [1.54, 1.807) is 7.11 Å². The first-order chi connectivity index (χ1) is 10.0. The smallest absolute Gasteiger partial charge is 0.227 e. The molecule has 1 aliphatic carbocycles. The zero-order valence-electron chi connectivity index (χ0n) is 13.6. The molecule has 1 fully saturated rings. The summed E-state index contributed by atoms with van der Waals surface area (Å²) < 4.78 is 5.14. The number of anilines is 1. The van der Waals surface area contributed by atoms with Crippen LogP contribution < -0.4 is 10.1 Å². The van der Waals surface area contributed by atoms with E-state index in [2.05, 4.69) is 26.1 Å². The predicted molar refractivity (Wildman–Crippen MR) is 86.5 cm³/mol. The van der Waals surface area contributed by atoms with E-state index in [1.165, 1.54) is 12.8 Å². The Kier molecular flexibility index (Phi) is 5.27. The SMILES string of the molecule is COc1ccc(NC(=O)[C@@H]2C[C@H](C)CC[C@@H]2C(C)C)cc1. The molecule has 1 saturated carbocycles. The molecule has 0 heterocycles. The standard InChI is InChI=1S/C18H27NO2/c1-12(2)16-10-5-13(3)11-17(16)18(20)19-14-6-8-15(21-4)9-7-14/h6-9,12-13,16-17H,5,10-11H2,1-4H3,(H,19,20)/t13-,16-,17-/m1/s1. The molecule has 0 unspecified atom stereocenters. The van der Waals surface area contributed by atoms with Crippen LogP contribution in [-0.4, -0.2) is 13.0 Å².